The molecular weight excluding hydrogens is 350 g/mol. The second-order valence-corrected chi connectivity index (χ2v) is 6.82. The second kappa shape index (κ2) is 8.08. The molecule has 1 aliphatic rings. The molecule has 4 rings (SSSR count). The van der Waals surface area contributed by atoms with Crippen LogP contribution in [0.5, 0.6) is 0 Å². The number of hydrogen-bond acceptors (Lipinski definition) is 5. The van der Waals surface area contributed by atoms with E-state index < -0.39 is 0 Å². The van der Waals surface area contributed by atoms with Gasteiger partial charge >= 0.3 is 0 Å². The van der Waals surface area contributed by atoms with Crippen LogP contribution in [0.15, 0.2) is 66.7 Å². The number of carbonyl (C=O) groups excluding carboxylic acids is 1. The van der Waals surface area contributed by atoms with Crippen molar-refractivity contribution in [3.63, 3.8) is 0 Å². The molecule has 6 heteroatoms. The number of rotatable bonds is 4. The van der Waals surface area contributed by atoms with Crippen molar-refractivity contribution in [1.82, 2.24) is 9.97 Å². The number of amides is 1. The van der Waals surface area contributed by atoms with Gasteiger partial charge in [0, 0.05) is 43.2 Å². The largest absolute Gasteiger partial charge is 0.368 e. The summed E-state index contributed by atoms with van der Waals surface area (Å²) in [5.41, 5.74) is 3.16. The lowest BCUT2D eigenvalue weighted by Gasteiger charge is -2.36. The maximum Gasteiger partial charge on any atom is 0.274 e. The molecule has 0 bridgehead atoms. The third-order valence-corrected chi connectivity index (χ3v) is 4.79. The molecule has 1 aromatic heterocycles. The predicted molar refractivity (Wildman–Crippen MR) is 112 cm³/mol. The van der Waals surface area contributed by atoms with Crippen molar-refractivity contribution in [3.8, 4) is 0 Å². The van der Waals surface area contributed by atoms with Gasteiger partial charge in [0.05, 0.1) is 0 Å². The zero-order valence-electron chi connectivity index (χ0n) is 15.9. The van der Waals surface area contributed by atoms with Gasteiger partial charge in [-0.25, -0.2) is 9.97 Å². The summed E-state index contributed by atoms with van der Waals surface area (Å²) in [6, 6.07) is 21.5. The van der Waals surface area contributed by atoms with Crippen LogP contribution in [0.25, 0.3) is 0 Å². The molecule has 28 heavy (non-hydrogen) atoms. The van der Waals surface area contributed by atoms with Gasteiger partial charge in [-0.2, -0.15) is 0 Å². The van der Waals surface area contributed by atoms with Crippen LogP contribution in [-0.2, 0) is 0 Å². The van der Waals surface area contributed by atoms with E-state index in [9.17, 15) is 4.79 Å². The van der Waals surface area contributed by atoms with Gasteiger partial charge in [0.25, 0.3) is 5.91 Å². The summed E-state index contributed by atoms with van der Waals surface area (Å²) >= 11 is 0. The van der Waals surface area contributed by atoms with Crippen molar-refractivity contribution in [2.45, 2.75) is 6.92 Å². The van der Waals surface area contributed by atoms with E-state index in [-0.39, 0.29) is 5.91 Å². The van der Waals surface area contributed by atoms with Crippen molar-refractivity contribution in [1.29, 1.82) is 0 Å². The van der Waals surface area contributed by atoms with Crippen LogP contribution in [0.2, 0.25) is 0 Å². The number of benzene rings is 2. The minimum Gasteiger partial charge on any atom is -0.368 e. The number of anilines is 3. The van der Waals surface area contributed by atoms with E-state index in [2.05, 4.69) is 49.4 Å². The van der Waals surface area contributed by atoms with Gasteiger partial charge in [-0.15, -0.1) is 0 Å². The number of nitrogens with zero attached hydrogens (tertiary/aromatic N) is 4. The van der Waals surface area contributed by atoms with Gasteiger partial charge in [0.2, 0.25) is 5.95 Å². The number of piperazine rings is 1. The number of aromatic nitrogens is 2. The van der Waals surface area contributed by atoms with Crippen molar-refractivity contribution in [2.24, 2.45) is 0 Å². The summed E-state index contributed by atoms with van der Waals surface area (Å²) in [6.45, 7) is 5.32. The van der Waals surface area contributed by atoms with Gasteiger partial charge in [0.1, 0.15) is 5.69 Å². The molecule has 2 heterocycles. The summed E-state index contributed by atoms with van der Waals surface area (Å²) in [5.74, 6) is 0.395. The van der Waals surface area contributed by atoms with Crippen LogP contribution in [-0.4, -0.2) is 42.1 Å². The Morgan fingerprint density at radius 1 is 0.857 bits per heavy atom. The Bertz CT molecular complexity index is 938. The van der Waals surface area contributed by atoms with Gasteiger partial charge in [-0.3, -0.25) is 4.79 Å². The third-order valence-electron chi connectivity index (χ3n) is 4.79. The molecular formula is C22H23N5O. The van der Waals surface area contributed by atoms with E-state index in [1.54, 1.807) is 6.07 Å². The average molecular weight is 373 g/mol. The number of hydrogen-bond donors (Lipinski definition) is 1. The molecule has 0 unspecified atom stereocenters. The molecule has 1 amide bonds. The Morgan fingerprint density at radius 3 is 2.14 bits per heavy atom. The first kappa shape index (κ1) is 18.0. The van der Waals surface area contributed by atoms with E-state index in [1.807, 2.05) is 43.3 Å². The summed E-state index contributed by atoms with van der Waals surface area (Å²) in [5, 5.41) is 2.89. The van der Waals surface area contributed by atoms with Crippen molar-refractivity contribution < 1.29 is 4.79 Å². The van der Waals surface area contributed by atoms with Crippen molar-refractivity contribution in [2.75, 3.05) is 41.3 Å². The second-order valence-electron chi connectivity index (χ2n) is 6.82. The first-order chi connectivity index (χ1) is 13.7. The summed E-state index contributed by atoms with van der Waals surface area (Å²) in [7, 11) is 0. The summed E-state index contributed by atoms with van der Waals surface area (Å²) in [4.78, 5) is 26.2. The minimum atomic E-state index is -0.221. The maximum absolute atomic E-state index is 12.6. The normalized spacial score (nSPS) is 14.0. The molecule has 0 saturated carbocycles. The molecule has 0 atom stereocenters. The van der Waals surface area contributed by atoms with Gasteiger partial charge in [-0.05, 0) is 37.3 Å². The Labute approximate surface area is 164 Å². The first-order valence-corrected chi connectivity index (χ1v) is 9.46. The molecule has 6 nitrogen and oxygen atoms in total. The number of para-hydroxylation sites is 2. The topological polar surface area (TPSA) is 61.4 Å². The fraction of sp³-hybridized carbons (Fsp3) is 0.227. The molecule has 0 spiro atoms. The zero-order valence-corrected chi connectivity index (χ0v) is 15.9. The molecule has 3 aromatic rings. The Hall–Kier alpha value is -3.41. The highest BCUT2D eigenvalue weighted by atomic mass is 16.1. The van der Waals surface area contributed by atoms with Crippen LogP contribution in [0.3, 0.4) is 0 Å². The highest BCUT2D eigenvalue weighted by Crippen LogP contribution is 2.19. The average Bonchev–Trinajstić information content (AvgIpc) is 2.75. The van der Waals surface area contributed by atoms with Crippen LogP contribution in [0, 0.1) is 6.92 Å². The van der Waals surface area contributed by atoms with E-state index >= 15 is 0 Å². The Kier molecular flexibility index (Phi) is 5.19. The molecule has 1 N–H and O–H groups in total. The SMILES string of the molecule is Cc1cc(C(=O)Nc2ccccc2)nc(N2CCN(c3ccccc3)CC2)n1. The first-order valence-electron chi connectivity index (χ1n) is 9.46. The number of nitrogens with one attached hydrogen (secondary N) is 1. The van der Waals surface area contributed by atoms with Crippen LogP contribution < -0.4 is 15.1 Å². The van der Waals surface area contributed by atoms with Gasteiger partial charge in [-0.1, -0.05) is 36.4 Å². The lowest BCUT2D eigenvalue weighted by atomic mass is 10.2. The number of carbonyl (C=O) groups is 1. The molecule has 1 aliphatic heterocycles. The smallest absolute Gasteiger partial charge is 0.274 e. The molecule has 2 aromatic carbocycles. The fourth-order valence-electron chi connectivity index (χ4n) is 3.33. The Balaban J connectivity index is 1.46. The van der Waals surface area contributed by atoms with Crippen LogP contribution in [0.1, 0.15) is 16.2 Å². The fourth-order valence-corrected chi connectivity index (χ4v) is 3.33. The summed E-state index contributed by atoms with van der Waals surface area (Å²) < 4.78 is 0. The molecule has 1 fully saturated rings. The third kappa shape index (κ3) is 4.11. The summed E-state index contributed by atoms with van der Waals surface area (Å²) in [6.07, 6.45) is 0. The lowest BCUT2D eigenvalue weighted by molar-refractivity contribution is 0.102. The van der Waals surface area contributed by atoms with Crippen molar-refractivity contribution >= 4 is 23.2 Å². The molecule has 1 saturated heterocycles. The maximum atomic E-state index is 12.6. The van der Waals surface area contributed by atoms with Gasteiger partial charge < -0.3 is 15.1 Å². The molecule has 0 radical (unpaired) electrons. The van der Waals surface area contributed by atoms with E-state index in [0.29, 0.717) is 11.6 Å². The van der Waals surface area contributed by atoms with E-state index in [1.165, 1.54) is 5.69 Å². The molecule has 0 aliphatic carbocycles. The lowest BCUT2D eigenvalue weighted by Crippen LogP contribution is -2.47. The minimum absolute atomic E-state index is 0.221. The number of aryl methyl sites for hydroxylation is 1. The predicted octanol–water partition coefficient (Wildman–Crippen LogP) is 3.36. The van der Waals surface area contributed by atoms with Crippen LogP contribution in [0.4, 0.5) is 17.3 Å². The highest BCUT2D eigenvalue weighted by molar-refractivity contribution is 6.03. The highest BCUT2D eigenvalue weighted by Gasteiger charge is 2.21. The zero-order chi connectivity index (χ0) is 19.3. The monoisotopic (exact) mass is 373 g/mol. The van der Waals surface area contributed by atoms with Crippen LogP contribution >= 0.6 is 0 Å². The Morgan fingerprint density at radius 2 is 1.46 bits per heavy atom. The van der Waals surface area contributed by atoms with E-state index in [4.69, 9.17) is 0 Å². The molecule has 142 valence electrons. The van der Waals surface area contributed by atoms with Gasteiger partial charge in [0.15, 0.2) is 0 Å². The van der Waals surface area contributed by atoms with Crippen molar-refractivity contribution in [3.05, 3.63) is 78.1 Å². The quantitative estimate of drug-likeness (QED) is 0.760. The van der Waals surface area contributed by atoms with E-state index in [0.717, 1.165) is 37.6 Å². The standard InChI is InChI=1S/C22H23N5O/c1-17-16-20(21(28)24-18-8-4-2-5-9-18)25-22(23-17)27-14-12-26(13-15-27)19-10-6-3-7-11-19/h2-11,16H,12-15H2,1H3,(H,24,28).